The van der Waals surface area contributed by atoms with Crippen molar-refractivity contribution < 1.29 is 37.8 Å². The molecule has 0 bridgehead atoms. The van der Waals surface area contributed by atoms with Crippen molar-refractivity contribution in [3.05, 3.63) is 29.3 Å². The van der Waals surface area contributed by atoms with Gasteiger partial charge in [0.25, 0.3) is 0 Å². The molecular weight excluding hydrogens is 295 g/mol. The van der Waals surface area contributed by atoms with Crippen molar-refractivity contribution in [2.45, 2.75) is 19.0 Å². The zero-order chi connectivity index (χ0) is 16.2. The molecule has 0 aliphatic heterocycles. The first-order valence-electron chi connectivity index (χ1n) is 5.57. The van der Waals surface area contributed by atoms with E-state index in [0.717, 1.165) is 18.2 Å². The fourth-order valence-corrected chi connectivity index (χ4v) is 1.43. The molecule has 0 saturated carbocycles. The maximum Gasteiger partial charge on any atom is 0.389 e. The van der Waals surface area contributed by atoms with Gasteiger partial charge in [0.05, 0.1) is 17.5 Å². The highest BCUT2D eigenvalue weighted by molar-refractivity contribution is 5.98. The minimum Gasteiger partial charge on any atom is -0.478 e. The van der Waals surface area contributed by atoms with Crippen molar-refractivity contribution in [1.82, 2.24) is 0 Å². The van der Waals surface area contributed by atoms with E-state index in [1.54, 1.807) is 0 Å². The average Bonchev–Trinajstić information content (AvgIpc) is 2.35. The number of alkyl halides is 3. The second kappa shape index (κ2) is 6.25. The van der Waals surface area contributed by atoms with Crippen LogP contribution in [0.1, 0.15) is 33.6 Å². The van der Waals surface area contributed by atoms with Gasteiger partial charge in [-0.2, -0.15) is 13.2 Å². The fourth-order valence-electron chi connectivity index (χ4n) is 1.43. The Balaban J connectivity index is 2.89. The topological polar surface area (TPSA) is 104 Å². The van der Waals surface area contributed by atoms with Crippen molar-refractivity contribution in [1.29, 1.82) is 0 Å². The summed E-state index contributed by atoms with van der Waals surface area (Å²) < 4.78 is 35.9. The second-order valence-electron chi connectivity index (χ2n) is 4.07. The summed E-state index contributed by atoms with van der Waals surface area (Å²) in [5.74, 6) is -3.85. The average molecular weight is 305 g/mol. The van der Waals surface area contributed by atoms with Crippen molar-refractivity contribution in [3.63, 3.8) is 0 Å². The van der Waals surface area contributed by atoms with Gasteiger partial charge in [-0.15, -0.1) is 0 Å². The number of rotatable bonds is 5. The largest absolute Gasteiger partial charge is 0.478 e. The SMILES string of the molecule is O=C(CCC(F)(F)F)Nc1cc(C(=O)O)cc(C(=O)O)c1. The fraction of sp³-hybridized carbons (Fsp3) is 0.250. The van der Waals surface area contributed by atoms with Gasteiger partial charge >= 0.3 is 18.1 Å². The van der Waals surface area contributed by atoms with E-state index in [9.17, 15) is 27.6 Å². The van der Waals surface area contributed by atoms with E-state index in [-0.39, 0.29) is 5.69 Å². The summed E-state index contributed by atoms with van der Waals surface area (Å²) >= 11 is 0. The number of halogens is 3. The van der Waals surface area contributed by atoms with E-state index in [1.807, 2.05) is 5.32 Å². The molecule has 1 amide bonds. The summed E-state index contributed by atoms with van der Waals surface area (Å²) in [6, 6.07) is 2.79. The van der Waals surface area contributed by atoms with Crippen molar-refractivity contribution >= 4 is 23.5 Å². The smallest absolute Gasteiger partial charge is 0.389 e. The third kappa shape index (κ3) is 5.51. The number of hydrogen-bond acceptors (Lipinski definition) is 3. The highest BCUT2D eigenvalue weighted by Gasteiger charge is 2.28. The Morgan fingerprint density at radius 3 is 1.86 bits per heavy atom. The molecule has 0 atom stereocenters. The zero-order valence-corrected chi connectivity index (χ0v) is 10.4. The Morgan fingerprint density at radius 1 is 1.00 bits per heavy atom. The summed E-state index contributed by atoms with van der Waals surface area (Å²) in [7, 11) is 0. The molecule has 1 rings (SSSR count). The highest BCUT2D eigenvalue weighted by atomic mass is 19.4. The van der Waals surface area contributed by atoms with Crippen LogP contribution in [0.25, 0.3) is 0 Å². The normalized spacial score (nSPS) is 11.0. The third-order valence-corrected chi connectivity index (χ3v) is 2.35. The van der Waals surface area contributed by atoms with Crippen LogP contribution >= 0.6 is 0 Å². The molecular formula is C12H10F3NO5. The van der Waals surface area contributed by atoms with Gasteiger partial charge < -0.3 is 15.5 Å². The number of hydrogen-bond donors (Lipinski definition) is 3. The molecule has 1 aromatic carbocycles. The summed E-state index contributed by atoms with van der Waals surface area (Å²) in [5, 5.41) is 19.6. The Morgan fingerprint density at radius 2 is 1.48 bits per heavy atom. The van der Waals surface area contributed by atoms with Crippen LogP contribution in [0.5, 0.6) is 0 Å². The van der Waals surface area contributed by atoms with E-state index in [1.165, 1.54) is 0 Å². The molecule has 0 unspecified atom stereocenters. The van der Waals surface area contributed by atoms with Crippen LogP contribution in [0.2, 0.25) is 0 Å². The Kier molecular flexibility index (Phi) is 4.90. The number of aromatic carboxylic acids is 2. The maximum atomic E-state index is 12.0. The van der Waals surface area contributed by atoms with Gasteiger partial charge in [0.15, 0.2) is 0 Å². The number of carboxylic acids is 2. The number of carboxylic acid groups (broad SMARTS) is 2. The van der Waals surface area contributed by atoms with Crippen LogP contribution < -0.4 is 5.32 Å². The van der Waals surface area contributed by atoms with Gasteiger partial charge in [0, 0.05) is 12.1 Å². The molecule has 0 fully saturated rings. The zero-order valence-electron chi connectivity index (χ0n) is 10.4. The van der Waals surface area contributed by atoms with Gasteiger partial charge in [-0.1, -0.05) is 0 Å². The van der Waals surface area contributed by atoms with E-state index in [2.05, 4.69) is 0 Å². The minimum absolute atomic E-state index is 0.195. The first-order valence-corrected chi connectivity index (χ1v) is 5.57. The van der Waals surface area contributed by atoms with Crippen LogP contribution in [0.15, 0.2) is 18.2 Å². The molecule has 21 heavy (non-hydrogen) atoms. The maximum absolute atomic E-state index is 12.0. The van der Waals surface area contributed by atoms with Crippen LogP contribution in [0, 0.1) is 0 Å². The van der Waals surface area contributed by atoms with Crippen LogP contribution in [-0.4, -0.2) is 34.2 Å². The highest BCUT2D eigenvalue weighted by Crippen LogP contribution is 2.22. The van der Waals surface area contributed by atoms with Crippen molar-refractivity contribution in [2.75, 3.05) is 5.32 Å². The van der Waals surface area contributed by atoms with E-state index < -0.39 is 48.0 Å². The molecule has 0 aliphatic rings. The number of anilines is 1. The summed E-state index contributed by atoms with van der Waals surface area (Å²) in [6.07, 6.45) is -6.67. The van der Waals surface area contributed by atoms with Crippen molar-refractivity contribution in [2.24, 2.45) is 0 Å². The minimum atomic E-state index is -4.49. The van der Waals surface area contributed by atoms with Crippen LogP contribution in [-0.2, 0) is 4.79 Å². The Labute approximate surface area is 116 Å². The summed E-state index contributed by atoms with van der Waals surface area (Å²) in [5.41, 5.74) is -0.999. The van der Waals surface area contributed by atoms with Gasteiger partial charge in [-0.25, -0.2) is 9.59 Å². The molecule has 6 nitrogen and oxygen atoms in total. The molecule has 0 heterocycles. The van der Waals surface area contributed by atoms with E-state index in [0.29, 0.717) is 0 Å². The quantitative estimate of drug-likeness (QED) is 0.774. The molecule has 1 aromatic rings. The van der Waals surface area contributed by atoms with E-state index >= 15 is 0 Å². The lowest BCUT2D eigenvalue weighted by Gasteiger charge is -2.09. The standard InChI is InChI=1S/C12H10F3NO5/c13-12(14,15)2-1-9(17)16-8-4-6(10(18)19)3-7(5-8)11(20)21/h3-5H,1-2H2,(H,16,17)(H,18,19)(H,20,21). The Hall–Kier alpha value is -2.58. The molecule has 0 aromatic heterocycles. The summed E-state index contributed by atoms with van der Waals surface area (Å²) in [6.45, 7) is 0. The second-order valence-corrected chi connectivity index (χ2v) is 4.07. The number of benzene rings is 1. The number of nitrogens with one attached hydrogen (secondary N) is 1. The monoisotopic (exact) mass is 305 g/mol. The number of amides is 1. The number of carbonyl (C=O) groups is 3. The third-order valence-electron chi connectivity index (χ3n) is 2.35. The molecule has 0 radical (unpaired) electrons. The van der Waals surface area contributed by atoms with E-state index in [4.69, 9.17) is 10.2 Å². The molecule has 0 saturated heterocycles. The van der Waals surface area contributed by atoms with Gasteiger partial charge in [0.2, 0.25) is 5.91 Å². The lowest BCUT2D eigenvalue weighted by atomic mass is 10.1. The first kappa shape index (κ1) is 16.5. The number of carbonyl (C=O) groups excluding carboxylic acids is 1. The van der Waals surface area contributed by atoms with Gasteiger partial charge in [-0.3, -0.25) is 4.79 Å². The summed E-state index contributed by atoms with van der Waals surface area (Å²) in [4.78, 5) is 32.9. The van der Waals surface area contributed by atoms with Crippen LogP contribution in [0.3, 0.4) is 0 Å². The molecule has 3 N–H and O–H groups in total. The molecule has 114 valence electrons. The molecule has 0 spiro atoms. The predicted octanol–water partition coefficient (Wildman–Crippen LogP) is 2.36. The first-order chi connectivity index (χ1) is 9.58. The molecule has 0 aliphatic carbocycles. The lowest BCUT2D eigenvalue weighted by Crippen LogP contribution is -2.17. The predicted molar refractivity (Wildman–Crippen MR) is 64.3 cm³/mol. The lowest BCUT2D eigenvalue weighted by molar-refractivity contribution is -0.142. The van der Waals surface area contributed by atoms with Gasteiger partial charge in [0.1, 0.15) is 0 Å². The van der Waals surface area contributed by atoms with Crippen LogP contribution in [0.4, 0.5) is 18.9 Å². The molecule has 9 heteroatoms. The van der Waals surface area contributed by atoms with Gasteiger partial charge in [-0.05, 0) is 18.2 Å². The Bertz CT molecular complexity index is 550. The van der Waals surface area contributed by atoms with Crippen molar-refractivity contribution in [3.8, 4) is 0 Å².